The van der Waals surface area contributed by atoms with Crippen LogP contribution < -0.4 is 5.32 Å². The predicted molar refractivity (Wildman–Crippen MR) is 64.5 cm³/mol. The van der Waals surface area contributed by atoms with Crippen molar-refractivity contribution in [2.45, 2.75) is 6.54 Å². The molecule has 0 atom stereocenters. The SMILES string of the molecule is CNCc1cccc(-c2cc(F)c(F)cc2F)c1. The molecule has 0 heterocycles. The highest BCUT2D eigenvalue weighted by Crippen LogP contribution is 2.25. The first-order chi connectivity index (χ1) is 8.61. The molecule has 2 aromatic carbocycles. The fourth-order valence-electron chi connectivity index (χ4n) is 1.80. The standard InChI is InChI=1S/C14H12F3N/c1-18-8-9-3-2-4-10(5-9)11-6-13(16)14(17)7-12(11)15/h2-7,18H,8H2,1H3. The minimum atomic E-state index is -1.18. The predicted octanol–water partition coefficient (Wildman–Crippen LogP) is 3.49. The highest BCUT2D eigenvalue weighted by Gasteiger charge is 2.11. The van der Waals surface area contributed by atoms with E-state index in [9.17, 15) is 13.2 Å². The lowest BCUT2D eigenvalue weighted by Gasteiger charge is -2.07. The van der Waals surface area contributed by atoms with Gasteiger partial charge in [0, 0.05) is 18.2 Å². The van der Waals surface area contributed by atoms with Gasteiger partial charge in [-0.1, -0.05) is 18.2 Å². The average molecular weight is 251 g/mol. The van der Waals surface area contributed by atoms with Gasteiger partial charge in [-0.3, -0.25) is 0 Å². The summed E-state index contributed by atoms with van der Waals surface area (Å²) in [7, 11) is 1.80. The quantitative estimate of drug-likeness (QED) is 0.823. The van der Waals surface area contributed by atoms with Crippen molar-refractivity contribution >= 4 is 0 Å². The third kappa shape index (κ3) is 2.54. The van der Waals surface area contributed by atoms with E-state index in [0.717, 1.165) is 11.6 Å². The molecule has 0 aliphatic carbocycles. The van der Waals surface area contributed by atoms with Gasteiger partial charge >= 0.3 is 0 Å². The Labute approximate surface area is 103 Å². The molecule has 0 saturated heterocycles. The van der Waals surface area contributed by atoms with E-state index in [1.54, 1.807) is 25.2 Å². The molecule has 0 saturated carbocycles. The second kappa shape index (κ2) is 5.23. The molecule has 0 aromatic heterocycles. The zero-order valence-electron chi connectivity index (χ0n) is 9.81. The van der Waals surface area contributed by atoms with Gasteiger partial charge < -0.3 is 5.32 Å². The molecule has 2 rings (SSSR count). The average Bonchev–Trinajstić information content (AvgIpc) is 2.34. The van der Waals surface area contributed by atoms with Crippen molar-refractivity contribution in [2.24, 2.45) is 0 Å². The maximum atomic E-state index is 13.6. The summed E-state index contributed by atoms with van der Waals surface area (Å²) >= 11 is 0. The highest BCUT2D eigenvalue weighted by atomic mass is 19.2. The molecule has 4 heteroatoms. The van der Waals surface area contributed by atoms with Crippen molar-refractivity contribution in [3.05, 3.63) is 59.4 Å². The minimum absolute atomic E-state index is 0.0619. The number of hydrogen-bond acceptors (Lipinski definition) is 1. The molecule has 0 amide bonds. The lowest BCUT2D eigenvalue weighted by molar-refractivity contribution is 0.496. The maximum absolute atomic E-state index is 13.6. The van der Waals surface area contributed by atoms with Crippen LogP contribution >= 0.6 is 0 Å². The van der Waals surface area contributed by atoms with Gasteiger partial charge in [0.05, 0.1) is 0 Å². The molecular weight excluding hydrogens is 239 g/mol. The summed E-state index contributed by atoms with van der Waals surface area (Å²) in [4.78, 5) is 0. The second-order valence-electron chi connectivity index (χ2n) is 3.98. The summed E-state index contributed by atoms with van der Waals surface area (Å²) in [6.07, 6.45) is 0. The van der Waals surface area contributed by atoms with Crippen molar-refractivity contribution in [1.82, 2.24) is 5.32 Å². The Morgan fingerprint density at radius 2 is 1.67 bits per heavy atom. The molecule has 0 bridgehead atoms. The van der Waals surface area contributed by atoms with E-state index >= 15 is 0 Å². The lowest BCUT2D eigenvalue weighted by Crippen LogP contribution is -2.04. The summed E-state index contributed by atoms with van der Waals surface area (Å²) in [5.41, 5.74) is 1.53. The van der Waals surface area contributed by atoms with Crippen molar-refractivity contribution < 1.29 is 13.2 Å². The summed E-state index contributed by atoms with van der Waals surface area (Å²) in [6, 6.07) is 8.47. The van der Waals surface area contributed by atoms with Crippen molar-refractivity contribution in [3.63, 3.8) is 0 Å². The first kappa shape index (κ1) is 12.6. The normalized spacial score (nSPS) is 10.7. The van der Waals surface area contributed by atoms with Crippen LogP contribution in [0, 0.1) is 17.5 Å². The third-order valence-electron chi connectivity index (χ3n) is 2.63. The smallest absolute Gasteiger partial charge is 0.161 e. The fraction of sp³-hybridized carbons (Fsp3) is 0.143. The minimum Gasteiger partial charge on any atom is -0.316 e. The lowest BCUT2D eigenvalue weighted by atomic mass is 10.0. The summed E-state index contributed by atoms with van der Waals surface area (Å²) in [5, 5.41) is 2.97. The molecule has 0 spiro atoms. The Morgan fingerprint density at radius 3 is 2.39 bits per heavy atom. The largest absolute Gasteiger partial charge is 0.316 e. The first-order valence-electron chi connectivity index (χ1n) is 5.50. The number of benzene rings is 2. The van der Waals surface area contributed by atoms with Crippen LogP contribution in [-0.2, 0) is 6.54 Å². The molecular formula is C14H12F3N. The van der Waals surface area contributed by atoms with Crippen molar-refractivity contribution in [3.8, 4) is 11.1 Å². The molecule has 94 valence electrons. The Bertz CT molecular complexity index is 567. The number of halogens is 3. The molecule has 0 aliphatic rings. The van der Waals surface area contributed by atoms with Crippen LogP contribution in [0.5, 0.6) is 0 Å². The first-order valence-corrected chi connectivity index (χ1v) is 5.50. The molecule has 0 aliphatic heterocycles. The van der Waals surface area contributed by atoms with Gasteiger partial charge in [-0.2, -0.15) is 0 Å². The third-order valence-corrected chi connectivity index (χ3v) is 2.63. The van der Waals surface area contributed by atoms with Crippen LogP contribution in [-0.4, -0.2) is 7.05 Å². The molecule has 0 unspecified atom stereocenters. The van der Waals surface area contributed by atoms with Crippen LogP contribution in [0.2, 0.25) is 0 Å². The molecule has 0 fully saturated rings. The molecule has 1 N–H and O–H groups in total. The van der Waals surface area contributed by atoms with E-state index in [1.807, 2.05) is 6.07 Å². The van der Waals surface area contributed by atoms with Gasteiger partial charge in [0.1, 0.15) is 5.82 Å². The number of rotatable bonds is 3. The molecule has 0 radical (unpaired) electrons. The van der Waals surface area contributed by atoms with Gasteiger partial charge in [0.15, 0.2) is 11.6 Å². The van der Waals surface area contributed by atoms with E-state index in [1.165, 1.54) is 0 Å². The monoisotopic (exact) mass is 251 g/mol. The van der Waals surface area contributed by atoms with Gasteiger partial charge in [-0.25, -0.2) is 13.2 Å². The Kier molecular flexibility index (Phi) is 3.67. The number of nitrogens with one attached hydrogen (secondary N) is 1. The van der Waals surface area contributed by atoms with Gasteiger partial charge in [0.25, 0.3) is 0 Å². The number of hydrogen-bond donors (Lipinski definition) is 1. The van der Waals surface area contributed by atoms with Gasteiger partial charge in [-0.05, 0) is 30.3 Å². The van der Waals surface area contributed by atoms with Crippen molar-refractivity contribution in [1.29, 1.82) is 0 Å². The van der Waals surface area contributed by atoms with Crippen LogP contribution in [0.25, 0.3) is 11.1 Å². The van der Waals surface area contributed by atoms with E-state index in [4.69, 9.17) is 0 Å². The van der Waals surface area contributed by atoms with Crippen LogP contribution in [0.1, 0.15) is 5.56 Å². The topological polar surface area (TPSA) is 12.0 Å². The van der Waals surface area contributed by atoms with Crippen LogP contribution in [0.4, 0.5) is 13.2 Å². The molecule has 2 aromatic rings. The van der Waals surface area contributed by atoms with Crippen molar-refractivity contribution in [2.75, 3.05) is 7.05 Å². The van der Waals surface area contributed by atoms with E-state index in [-0.39, 0.29) is 5.56 Å². The summed E-state index contributed by atoms with van der Waals surface area (Å²) in [5.74, 6) is -3.00. The van der Waals surface area contributed by atoms with Gasteiger partial charge in [0.2, 0.25) is 0 Å². The van der Waals surface area contributed by atoms with Crippen LogP contribution in [0.3, 0.4) is 0 Å². The zero-order valence-corrected chi connectivity index (χ0v) is 9.81. The maximum Gasteiger partial charge on any atom is 0.161 e. The second-order valence-corrected chi connectivity index (χ2v) is 3.98. The van der Waals surface area contributed by atoms with Gasteiger partial charge in [-0.15, -0.1) is 0 Å². The Hall–Kier alpha value is -1.81. The van der Waals surface area contributed by atoms with E-state index in [0.29, 0.717) is 18.2 Å². The summed E-state index contributed by atoms with van der Waals surface area (Å²) < 4.78 is 39.6. The molecule has 18 heavy (non-hydrogen) atoms. The highest BCUT2D eigenvalue weighted by molar-refractivity contribution is 5.65. The van der Waals surface area contributed by atoms with E-state index in [2.05, 4.69) is 5.32 Å². The Morgan fingerprint density at radius 1 is 0.944 bits per heavy atom. The van der Waals surface area contributed by atoms with Crippen LogP contribution in [0.15, 0.2) is 36.4 Å². The Balaban J connectivity index is 2.48. The zero-order chi connectivity index (χ0) is 13.1. The molecule has 1 nitrogen and oxygen atoms in total. The van der Waals surface area contributed by atoms with E-state index < -0.39 is 17.5 Å². The summed E-state index contributed by atoms with van der Waals surface area (Å²) in [6.45, 7) is 0.624. The fourth-order valence-corrected chi connectivity index (χ4v) is 1.80.